The summed E-state index contributed by atoms with van der Waals surface area (Å²) in [5, 5.41) is 1.14. The lowest BCUT2D eigenvalue weighted by molar-refractivity contribution is 0.659. The van der Waals surface area contributed by atoms with Crippen LogP contribution in [0.25, 0.3) is 33.4 Å². The molecule has 2 aromatic heterocycles. The van der Waals surface area contributed by atoms with E-state index in [2.05, 4.69) is 67.4 Å². The van der Waals surface area contributed by atoms with Gasteiger partial charge >= 0.3 is 0 Å². The SMILES string of the molecule is CC1(C)c2ccccc2-c2nc(-c3cnc4ccccc4c3)ccc21. The molecule has 0 spiro atoms. The van der Waals surface area contributed by atoms with Crippen LogP contribution in [0.5, 0.6) is 0 Å². The minimum atomic E-state index is -0.000901. The van der Waals surface area contributed by atoms with E-state index < -0.39 is 0 Å². The number of fused-ring (bicyclic) bond motifs is 4. The number of para-hydroxylation sites is 1. The minimum absolute atomic E-state index is 0.000901. The Hall–Kier alpha value is -3.00. The third-order valence-corrected chi connectivity index (χ3v) is 5.31. The van der Waals surface area contributed by atoms with Crippen LogP contribution in [0.2, 0.25) is 0 Å². The molecule has 2 heteroatoms. The van der Waals surface area contributed by atoms with E-state index in [1.165, 1.54) is 16.7 Å². The number of nitrogens with zero attached hydrogens (tertiary/aromatic N) is 2. The normalized spacial score (nSPS) is 14.3. The minimum Gasteiger partial charge on any atom is -0.256 e. The molecule has 2 nitrogen and oxygen atoms in total. The predicted octanol–water partition coefficient (Wildman–Crippen LogP) is 5.60. The van der Waals surface area contributed by atoms with Crippen molar-refractivity contribution in [2.24, 2.45) is 0 Å². The highest BCUT2D eigenvalue weighted by molar-refractivity contribution is 5.84. The largest absolute Gasteiger partial charge is 0.256 e. The van der Waals surface area contributed by atoms with Crippen LogP contribution in [0.1, 0.15) is 25.0 Å². The monoisotopic (exact) mass is 322 g/mol. The topological polar surface area (TPSA) is 25.8 Å². The van der Waals surface area contributed by atoms with E-state index in [0.717, 1.165) is 27.9 Å². The molecule has 0 fully saturated rings. The van der Waals surface area contributed by atoms with E-state index >= 15 is 0 Å². The predicted molar refractivity (Wildman–Crippen MR) is 103 cm³/mol. The van der Waals surface area contributed by atoms with Gasteiger partial charge in [-0.3, -0.25) is 4.98 Å². The molecule has 0 atom stereocenters. The number of benzene rings is 2. The van der Waals surface area contributed by atoms with Gasteiger partial charge in [-0.15, -0.1) is 0 Å². The van der Waals surface area contributed by atoms with E-state index in [-0.39, 0.29) is 5.41 Å². The lowest BCUT2D eigenvalue weighted by atomic mass is 9.83. The summed E-state index contributed by atoms with van der Waals surface area (Å²) in [5.74, 6) is 0. The highest BCUT2D eigenvalue weighted by Crippen LogP contribution is 2.47. The van der Waals surface area contributed by atoms with Crippen LogP contribution < -0.4 is 0 Å². The van der Waals surface area contributed by atoms with E-state index in [1.54, 1.807) is 0 Å². The van der Waals surface area contributed by atoms with Crippen molar-refractivity contribution in [3.8, 4) is 22.5 Å². The van der Waals surface area contributed by atoms with Gasteiger partial charge in [0.05, 0.1) is 16.9 Å². The molecular weight excluding hydrogens is 304 g/mol. The highest BCUT2D eigenvalue weighted by atomic mass is 14.8. The van der Waals surface area contributed by atoms with Crippen molar-refractivity contribution in [1.29, 1.82) is 0 Å². The van der Waals surface area contributed by atoms with Crippen molar-refractivity contribution in [3.05, 3.63) is 84.1 Å². The zero-order valence-electron chi connectivity index (χ0n) is 14.3. The van der Waals surface area contributed by atoms with Gasteiger partial charge in [0.15, 0.2) is 0 Å². The van der Waals surface area contributed by atoms with Gasteiger partial charge in [0.25, 0.3) is 0 Å². The number of hydrogen-bond acceptors (Lipinski definition) is 2. The molecule has 4 aromatic rings. The first-order valence-electron chi connectivity index (χ1n) is 8.61. The molecule has 0 saturated carbocycles. The van der Waals surface area contributed by atoms with Crippen molar-refractivity contribution in [2.45, 2.75) is 19.3 Å². The lowest BCUT2D eigenvalue weighted by Crippen LogP contribution is -2.14. The van der Waals surface area contributed by atoms with Gasteiger partial charge in [0.2, 0.25) is 0 Å². The summed E-state index contributed by atoms with van der Waals surface area (Å²) in [6, 6.07) is 23.3. The lowest BCUT2D eigenvalue weighted by Gasteiger charge is -2.20. The Morgan fingerprint density at radius 1 is 0.800 bits per heavy atom. The second kappa shape index (κ2) is 5.00. The Morgan fingerprint density at radius 2 is 1.60 bits per heavy atom. The van der Waals surface area contributed by atoms with E-state index in [1.807, 2.05) is 24.4 Å². The number of hydrogen-bond donors (Lipinski definition) is 0. The van der Waals surface area contributed by atoms with E-state index in [4.69, 9.17) is 4.98 Å². The first-order valence-corrected chi connectivity index (χ1v) is 8.61. The van der Waals surface area contributed by atoms with Crippen molar-refractivity contribution >= 4 is 10.9 Å². The van der Waals surface area contributed by atoms with Crippen LogP contribution in [0, 0.1) is 0 Å². The van der Waals surface area contributed by atoms with E-state index in [9.17, 15) is 0 Å². The summed E-state index contributed by atoms with van der Waals surface area (Å²) in [4.78, 5) is 9.61. The molecule has 0 unspecified atom stereocenters. The molecule has 0 radical (unpaired) electrons. The summed E-state index contributed by atoms with van der Waals surface area (Å²) in [5.41, 5.74) is 8.05. The zero-order chi connectivity index (χ0) is 17.0. The van der Waals surface area contributed by atoms with Gasteiger partial charge in [-0.2, -0.15) is 0 Å². The summed E-state index contributed by atoms with van der Waals surface area (Å²) in [6.45, 7) is 4.55. The Kier molecular flexibility index (Phi) is 2.87. The molecular formula is C23H18N2. The standard InChI is InChI=1S/C23H18N2/c1-23(2)18-9-5-4-8-17(18)22-19(23)11-12-21(25-22)16-13-15-7-3-6-10-20(15)24-14-16/h3-14H,1-2H3. The first-order chi connectivity index (χ1) is 12.1. The van der Waals surface area contributed by atoms with Gasteiger partial charge in [-0.1, -0.05) is 62.4 Å². The Morgan fingerprint density at radius 3 is 2.52 bits per heavy atom. The molecule has 120 valence electrons. The highest BCUT2D eigenvalue weighted by Gasteiger charge is 2.36. The maximum absolute atomic E-state index is 5.03. The molecule has 0 N–H and O–H groups in total. The van der Waals surface area contributed by atoms with Crippen LogP contribution in [-0.2, 0) is 5.41 Å². The Balaban J connectivity index is 1.71. The van der Waals surface area contributed by atoms with Gasteiger partial charge in [-0.25, -0.2) is 4.98 Å². The first kappa shape index (κ1) is 14.4. The van der Waals surface area contributed by atoms with Gasteiger partial charge < -0.3 is 0 Å². The molecule has 1 aliphatic rings. The quantitative estimate of drug-likeness (QED) is 0.455. The van der Waals surface area contributed by atoms with Crippen molar-refractivity contribution in [1.82, 2.24) is 9.97 Å². The molecule has 0 bridgehead atoms. The van der Waals surface area contributed by atoms with Crippen molar-refractivity contribution in [2.75, 3.05) is 0 Å². The number of rotatable bonds is 1. The maximum Gasteiger partial charge on any atom is 0.0753 e. The Bertz CT molecular complexity index is 1130. The smallest absolute Gasteiger partial charge is 0.0753 e. The molecule has 5 rings (SSSR count). The summed E-state index contributed by atoms with van der Waals surface area (Å²) in [7, 11) is 0. The summed E-state index contributed by atoms with van der Waals surface area (Å²) in [6.07, 6.45) is 1.92. The molecule has 0 saturated heterocycles. The van der Waals surface area contributed by atoms with Crippen LogP contribution in [-0.4, -0.2) is 9.97 Å². The molecule has 0 aliphatic heterocycles. The van der Waals surface area contributed by atoms with Crippen LogP contribution in [0.4, 0.5) is 0 Å². The second-order valence-corrected chi connectivity index (χ2v) is 7.18. The molecule has 2 aromatic carbocycles. The van der Waals surface area contributed by atoms with Crippen LogP contribution in [0.3, 0.4) is 0 Å². The van der Waals surface area contributed by atoms with E-state index in [0.29, 0.717) is 0 Å². The van der Waals surface area contributed by atoms with Crippen molar-refractivity contribution < 1.29 is 0 Å². The van der Waals surface area contributed by atoms with Gasteiger partial charge in [-0.05, 0) is 29.3 Å². The zero-order valence-corrected chi connectivity index (χ0v) is 14.3. The molecule has 0 amide bonds. The number of pyridine rings is 2. The average molecular weight is 322 g/mol. The summed E-state index contributed by atoms with van der Waals surface area (Å²) >= 11 is 0. The fourth-order valence-corrected chi connectivity index (χ4v) is 3.92. The van der Waals surface area contributed by atoms with Crippen LogP contribution in [0.15, 0.2) is 72.9 Å². The fraction of sp³-hybridized carbons (Fsp3) is 0.130. The molecule has 1 aliphatic carbocycles. The van der Waals surface area contributed by atoms with Gasteiger partial charge in [0, 0.05) is 28.1 Å². The maximum atomic E-state index is 5.03. The van der Waals surface area contributed by atoms with Gasteiger partial charge in [0.1, 0.15) is 0 Å². The number of aromatic nitrogens is 2. The molecule has 25 heavy (non-hydrogen) atoms. The van der Waals surface area contributed by atoms with Crippen LogP contribution >= 0.6 is 0 Å². The molecule has 2 heterocycles. The second-order valence-electron chi connectivity index (χ2n) is 7.18. The summed E-state index contributed by atoms with van der Waals surface area (Å²) < 4.78 is 0. The fourth-order valence-electron chi connectivity index (χ4n) is 3.92. The van der Waals surface area contributed by atoms with Crippen molar-refractivity contribution in [3.63, 3.8) is 0 Å². The average Bonchev–Trinajstić information content (AvgIpc) is 2.89. The third-order valence-electron chi connectivity index (χ3n) is 5.31. The third kappa shape index (κ3) is 2.04. The Labute approximate surface area is 147 Å².